The summed E-state index contributed by atoms with van der Waals surface area (Å²) in [6.07, 6.45) is 2.73. The second-order valence-electron chi connectivity index (χ2n) is 4.79. The van der Waals surface area contributed by atoms with E-state index in [0.29, 0.717) is 6.10 Å². The van der Waals surface area contributed by atoms with Gasteiger partial charge in [-0.3, -0.25) is 5.84 Å². The van der Waals surface area contributed by atoms with Crippen molar-refractivity contribution in [2.45, 2.75) is 31.9 Å². The highest BCUT2D eigenvalue weighted by Crippen LogP contribution is 2.31. The fourth-order valence-corrected chi connectivity index (χ4v) is 2.94. The summed E-state index contributed by atoms with van der Waals surface area (Å²) in [6, 6.07) is 8.09. The molecule has 4 nitrogen and oxygen atoms in total. The van der Waals surface area contributed by atoms with Gasteiger partial charge in [0, 0.05) is 0 Å². The number of benzene rings is 1. The number of hydrazine groups is 1. The molecule has 0 radical (unpaired) electrons. The second-order valence-corrected chi connectivity index (χ2v) is 5.68. The number of aromatic nitrogens is 1. The van der Waals surface area contributed by atoms with Gasteiger partial charge in [0.1, 0.15) is 5.75 Å². The summed E-state index contributed by atoms with van der Waals surface area (Å²) in [5, 5.41) is 0. The Hall–Kier alpha value is -1.43. The molecule has 100 valence electrons. The van der Waals surface area contributed by atoms with Crippen LogP contribution in [0.1, 0.15) is 35.0 Å². The normalized spacial score (nSPS) is 16.3. The highest BCUT2D eigenvalue weighted by Gasteiger charge is 2.24. The van der Waals surface area contributed by atoms with E-state index >= 15 is 0 Å². The van der Waals surface area contributed by atoms with Crippen LogP contribution in [0.4, 0.5) is 0 Å². The van der Waals surface area contributed by atoms with Gasteiger partial charge in [-0.05, 0) is 37.5 Å². The zero-order valence-corrected chi connectivity index (χ0v) is 11.6. The molecule has 1 aromatic carbocycles. The minimum Gasteiger partial charge on any atom is -0.490 e. The molecule has 3 N–H and O–H groups in total. The van der Waals surface area contributed by atoms with Crippen LogP contribution in [0.2, 0.25) is 0 Å². The first-order valence-corrected chi connectivity index (χ1v) is 7.28. The highest BCUT2D eigenvalue weighted by atomic mass is 32.1. The molecule has 1 aliphatic carbocycles. The van der Waals surface area contributed by atoms with Gasteiger partial charge in [-0.2, -0.15) is 0 Å². The zero-order chi connectivity index (χ0) is 13.2. The summed E-state index contributed by atoms with van der Waals surface area (Å²) in [5.41, 5.74) is 6.84. The van der Waals surface area contributed by atoms with Crippen LogP contribution in [0.15, 0.2) is 29.8 Å². The molecular formula is C14H17N3OS. The average Bonchev–Trinajstić information content (AvgIpc) is 3.13. The van der Waals surface area contributed by atoms with E-state index in [9.17, 15) is 0 Å². The molecule has 1 atom stereocenters. The van der Waals surface area contributed by atoms with Crippen LogP contribution in [-0.2, 0) is 0 Å². The van der Waals surface area contributed by atoms with E-state index in [1.54, 1.807) is 11.3 Å². The van der Waals surface area contributed by atoms with Crippen molar-refractivity contribution in [1.29, 1.82) is 0 Å². The number of ether oxygens (including phenoxy) is 1. The molecule has 1 saturated carbocycles. The van der Waals surface area contributed by atoms with E-state index in [0.717, 1.165) is 34.7 Å². The van der Waals surface area contributed by atoms with Crippen molar-refractivity contribution < 1.29 is 4.74 Å². The standard InChI is InChI=1S/C14H17N3OS/c1-9-14(19-8-16-9)13(17-15)10-3-2-4-12(7-10)18-11-5-6-11/h2-4,7-8,11,13,17H,5-6,15H2,1H3. The third-order valence-corrected chi connectivity index (χ3v) is 4.23. The Morgan fingerprint density at radius 3 is 2.95 bits per heavy atom. The van der Waals surface area contributed by atoms with Crippen LogP contribution in [0.5, 0.6) is 5.75 Å². The number of aryl methyl sites for hydroxylation is 1. The van der Waals surface area contributed by atoms with Gasteiger partial charge in [-0.25, -0.2) is 10.4 Å². The SMILES string of the molecule is Cc1ncsc1C(NN)c1cccc(OC2CC2)c1. The fourth-order valence-electron chi connectivity index (χ4n) is 2.06. The molecule has 0 saturated heterocycles. The maximum absolute atomic E-state index is 5.83. The van der Waals surface area contributed by atoms with Crippen molar-refractivity contribution in [1.82, 2.24) is 10.4 Å². The van der Waals surface area contributed by atoms with Crippen LogP contribution < -0.4 is 16.0 Å². The van der Waals surface area contributed by atoms with Crippen LogP contribution >= 0.6 is 11.3 Å². The number of hydrogen-bond acceptors (Lipinski definition) is 5. The summed E-state index contributed by atoms with van der Waals surface area (Å²) in [6.45, 7) is 2.00. The molecule has 5 heteroatoms. The van der Waals surface area contributed by atoms with Gasteiger partial charge in [-0.1, -0.05) is 12.1 Å². The summed E-state index contributed by atoms with van der Waals surface area (Å²) >= 11 is 1.61. The molecular weight excluding hydrogens is 258 g/mol. The maximum atomic E-state index is 5.83. The van der Waals surface area contributed by atoms with Gasteiger partial charge in [0.2, 0.25) is 0 Å². The first kappa shape index (κ1) is 12.6. The Labute approximate surface area is 116 Å². The van der Waals surface area contributed by atoms with Gasteiger partial charge in [0.25, 0.3) is 0 Å². The second kappa shape index (κ2) is 5.28. The predicted molar refractivity (Wildman–Crippen MR) is 76.1 cm³/mol. The van der Waals surface area contributed by atoms with E-state index in [1.807, 2.05) is 24.6 Å². The molecule has 0 bridgehead atoms. The van der Waals surface area contributed by atoms with Crippen molar-refractivity contribution in [3.05, 3.63) is 45.9 Å². The van der Waals surface area contributed by atoms with Crippen molar-refractivity contribution in [2.75, 3.05) is 0 Å². The number of rotatable bonds is 5. The lowest BCUT2D eigenvalue weighted by molar-refractivity contribution is 0.302. The highest BCUT2D eigenvalue weighted by molar-refractivity contribution is 7.09. The van der Waals surface area contributed by atoms with Crippen molar-refractivity contribution in [3.63, 3.8) is 0 Å². The predicted octanol–water partition coefficient (Wildman–Crippen LogP) is 2.55. The largest absolute Gasteiger partial charge is 0.490 e. The molecule has 1 aliphatic rings. The first-order chi connectivity index (χ1) is 9.28. The number of nitrogens with two attached hydrogens (primary N) is 1. The smallest absolute Gasteiger partial charge is 0.120 e. The van der Waals surface area contributed by atoms with E-state index in [2.05, 4.69) is 22.5 Å². The molecule has 0 amide bonds. The van der Waals surface area contributed by atoms with E-state index in [4.69, 9.17) is 10.6 Å². The van der Waals surface area contributed by atoms with Crippen LogP contribution in [-0.4, -0.2) is 11.1 Å². The van der Waals surface area contributed by atoms with Gasteiger partial charge in [-0.15, -0.1) is 11.3 Å². The molecule has 2 aromatic rings. The van der Waals surface area contributed by atoms with Crippen LogP contribution in [0.25, 0.3) is 0 Å². The van der Waals surface area contributed by atoms with Gasteiger partial charge in [0.05, 0.1) is 28.2 Å². The summed E-state index contributed by atoms with van der Waals surface area (Å²) in [5.74, 6) is 6.64. The lowest BCUT2D eigenvalue weighted by Gasteiger charge is -2.16. The van der Waals surface area contributed by atoms with Crippen LogP contribution in [0.3, 0.4) is 0 Å². The molecule has 1 unspecified atom stereocenters. The number of thiazole rings is 1. The number of nitrogens with zero attached hydrogens (tertiary/aromatic N) is 1. The van der Waals surface area contributed by atoms with Crippen LogP contribution in [0, 0.1) is 6.92 Å². The zero-order valence-electron chi connectivity index (χ0n) is 10.8. The lowest BCUT2D eigenvalue weighted by Crippen LogP contribution is -2.28. The molecule has 1 fully saturated rings. The third-order valence-electron chi connectivity index (χ3n) is 3.23. The molecule has 1 aromatic heterocycles. The lowest BCUT2D eigenvalue weighted by atomic mass is 10.0. The van der Waals surface area contributed by atoms with Crippen molar-refractivity contribution in [3.8, 4) is 5.75 Å². The average molecular weight is 275 g/mol. The van der Waals surface area contributed by atoms with Gasteiger partial charge < -0.3 is 4.74 Å². The fraction of sp³-hybridized carbons (Fsp3) is 0.357. The Kier molecular flexibility index (Phi) is 3.50. The third kappa shape index (κ3) is 2.78. The molecule has 3 rings (SSSR count). The molecule has 0 spiro atoms. The Morgan fingerprint density at radius 1 is 1.47 bits per heavy atom. The minimum atomic E-state index is -0.0322. The van der Waals surface area contributed by atoms with Crippen molar-refractivity contribution >= 4 is 11.3 Å². The topological polar surface area (TPSA) is 60.2 Å². The molecule has 1 heterocycles. The first-order valence-electron chi connectivity index (χ1n) is 6.40. The molecule has 0 aliphatic heterocycles. The Balaban J connectivity index is 1.88. The maximum Gasteiger partial charge on any atom is 0.120 e. The van der Waals surface area contributed by atoms with E-state index in [-0.39, 0.29) is 6.04 Å². The monoisotopic (exact) mass is 275 g/mol. The number of hydrogen-bond donors (Lipinski definition) is 2. The quantitative estimate of drug-likeness (QED) is 0.650. The minimum absolute atomic E-state index is 0.0322. The summed E-state index contributed by atoms with van der Waals surface area (Å²) in [7, 11) is 0. The van der Waals surface area contributed by atoms with Crippen molar-refractivity contribution in [2.24, 2.45) is 5.84 Å². The van der Waals surface area contributed by atoms with E-state index in [1.165, 1.54) is 0 Å². The number of nitrogens with one attached hydrogen (secondary N) is 1. The summed E-state index contributed by atoms with van der Waals surface area (Å²) in [4.78, 5) is 5.43. The summed E-state index contributed by atoms with van der Waals surface area (Å²) < 4.78 is 5.83. The van der Waals surface area contributed by atoms with Gasteiger partial charge in [0.15, 0.2) is 0 Å². The van der Waals surface area contributed by atoms with Gasteiger partial charge >= 0.3 is 0 Å². The molecule has 19 heavy (non-hydrogen) atoms. The Morgan fingerprint density at radius 2 is 2.32 bits per heavy atom. The Bertz CT molecular complexity index is 565. The van der Waals surface area contributed by atoms with E-state index < -0.39 is 0 Å².